The topological polar surface area (TPSA) is 36.2 Å². The maximum atomic E-state index is 14.6. The van der Waals surface area contributed by atoms with E-state index in [9.17, 15) is 4.39 Å². The Morgan fingerprint density at radius 1 is 0.812 bits per heavy atom. The van der Waals surface area contributed by atoms with Crippen LogP contribution in [0.1, 0.15) is 11.1 Å². The molecular weight excluding hydrogens is 203 g/mol. The maximum absolute atomic E-state index is 14.6. The third kappa shape index (κ3) is 1.72. The van der Waals surface area contributed by atoms with E-state index in [2.05, 4.69) is 5.11 Å². The van der Waals surface area contributed by atoms with Gasteiger partial charge >= 0.3 is 0 Å². The summed E-state index contributed by atoms with van der Waals surface area (Å²) in [6.07, 6.45) is 0. The van der Waals surface area contributed by atoms with E-state index < -0.39 is 5.79 Å². The SMILES string of the molecule is N=NC(F)(c1ccccc1)c1ccccc1. The molecule has 0 spiro atoms. The molecule has 2 nitrogen and oxygen atoms in total. The minimum absolute atomic E-state index is 0.371. The molecule has 0 fully saturated rings. The molecule has 1 N–H and O–H groups in total. The zero-order chi connectivity index (χ0) is 11.4. The number of nitrogens with one attached hydrogen (secondary N) is 1. The lowest BCUT2D eigenvalue weighted by molar-refractivity contribution is 0.218. The molecule has 0 bridgehead atoms. The van der Waals surface area contributed by atoms with Gasteiger partial charge in [0.2, 0.25) is 0 Å². The first-order valence-corrected chi connectivity index (χ1v) is 4.96. The molecule has 0 saturated heterocycles. The van der Waals surface area contributed by atoms with Crippen LogP contribution in [-0.4, -0.2) is 0 Å². The van der Waals surface area contributed by atoms with Gasteiger partial charge in [-0.25, -0.2) is 9.92 Å². The number of rotatable bonds is 3. The summed E-state index contributed by atoms with van der Waals surface area (Å²) in [4.78, 5) is 0. The van der Waals surface area contributed by atoms with Crippen LogP contribution in [0.5, 0.6) is 0 Å². The van der Waals surface area contributed by atoms with E-state index in [1.54, 1.807) is 60.7 Å². The van der Waals surface area contributed by atoms with Crippen LogP contribution >= 0.6 is 0 Å². The third-order valence-corrected chi connectivity index (χ3v) is 2.47. The van der Waals surface area contributed by atoms with Crippen LogP contribution in [0.25, 0.3) is 0 Å². The van der Waals surface area contributed by atoms with Gasteiger partial charge in [-0.3, -0.25) is 0 Å². The standard InChI is InChI=1S/C13H11FN2/c14-13(16-15,11-7-3-1-4-8-11)12-9-5-2-6-10-12/h1-10,15H. The molecule has 0 radical (unpaired) electrons. The lowest BCUT2D eigenvalue weighted by atomic mass is 9.97. The monoisotopic (exact) mass is 214 g/mol. The fraction of sp³-hybridized carbons (Fsp3) is 0.0769. The summed E-state index contributed by atoms with van der Waals surface area (Å²) in [5, 5.41) is 3.14. The summed E-state index contributed by atoms with van der Waals surface area (Å²) in [7, 11) is 0. The predicted octanol–water partition coefficient (Wildman–Crippen LogP) is 3.89. The number of alkyl halides is 1. The second kappa shape index (κ2) is 4.23. The highest BCUT2D eigenvalue weighted by molar-refractivity contribution is 5.34. The van der Waals surface area contributed by atoms with Gasteiger partial charge in [0.25, 0.3) is 5.79 Å². The fourth-order valence-corrected chi connectivity index (χ4v) is 1.61. The Labute approximate surface area is 93.3 Å². The molecule has 0 aliphatic carbocycles. The Hall–Kier alpha value is -2.03. The van der Waals surface area contributed by atoms with Crippen molar-refractivity contribution >= 4 is 0 Å². The quantitative estimate of drug-likeness (QED) is 0.594. The predicted molar refractivity (Wildman–Crippen MR) is 59.9 cm³/mol. The van der Waals surface area contributed by atoms with E-state index in [4.69, 9.17) is 5.53 Å². The molecule has 2 rings (SSSR count). The number of nitrogens with zero attached hydrogens (tertiary/aromatic N) is 1. The maximum Gasteiger partial charge on any atom is 0.269 e. The highest BCUT2D eigenvalue weighted by Gasteiger charge is 2.33. The van der Waals surface area contributed by atoms with Crippen molar-refractivity contribution < 1.29 is 4.39 Å². The number of halogens is 1. The first kappa shape index (κ1) is 10.5. The highest BCUT2D eigenvalue weighted by Crippen LogP contribution is 2.34. The van der Waals surface area contributed by atoms with Crippen LogP contribution in [0.4, 0.5) is 4.39 Å². The van der Waals surface area contributed by atoms with E-state index in [-0.39, 0.29) is 0 Å². The van der Waals surface area contributed by atoms with Gasteiger partial charge in [-0.1, -0.05) is 60.7 Å². The van der Waals surface area contributed by atoms with Crippen molar-refractivity contribution in [1.82, 2.24) is 0 Å². The second-order valence-corrected chi connectivity index (χ2v) is 3.47. The van der Waals surface area contributed by atoms with Gasteiger partial charge in [-0.15, -0.1) is 5.11 Å². The smallest absolute Gasteiger partial charge is 0.206 e. The van der Waals surface area contributed by atoms with Crippen molar-refractivity contribution in [3.05, 3.63) is 71.8 Å². The zero-order valence-electron chi connectivity index (χ0n) is 8.60. The van der Waals surface area contributed by atoms with Crippen LogP contribution in [-0.2, 0) is 5.79 Å². The molecule has 0 saturated carbocycles. The average molecular weight is 214 g/mol. The normalized spacial score (nSPS) is 11.1. The molecular formula is C13H11FN2. The van der Waals surface area contributed by atoms with Crippen LogP contribution in [0.2, 0.25) is 0 Å². The fourth-order valence-electron chi connectivity index (χ4n) is 1.61. The van der Waals surface area contributed by atoms with Gasteiger partial charge in [0.05, 0.1) is 0 Å². The summed E-state index contributed by atoms with van der Waals surface area (Å²) in [5.74, 6) is -2.08. The first-order chi connectivity index (χ1) is 7.77. The van der Waals surface area contributed by atoms with E-state index >= 15 is 0 Å². The largest absolute Gasteiger partial charge is 0.269 e. The van der Waals surface area contributed by atoms with Gasteiger partial charge in [0.15, 0.2) is 0 Å². The summed E-state index contributed by atoms with van der Waals surface area (Å²) < 4.78 is 14.6. The molecule has 0 heterocycles. The number of hydrogen-bond acceptors (Lipinski definition) is 2. The van der Waals surface area contributed by atoms with Gasteiger partial charge in [0, 0.05) is 11.1 Å². The molecule has 0 atom stereocenters. The zero-order valence-corrected chi connectivity index (χ0v) is 8.60. The van der Waals surface area contributed by atoms with E-state index in [0.29, 0.717) is 11.1 Å². The average Bonchev–Trinajstić information content (AvgIpc) is 2.40. The lowest BCUT2D eigenvalue weighted by Gasteiger charge is -2.19. The molecule has 0 aromatic heterocycles. The minimum atomic E-state index is -2.08. The van der Waals surface area contributed by atoms with E-state index in [0.717, 1.165) is 0 Å². The van der Waals surface area contributed by atoms with Crippen molar-refractivity contribution in [3.63, 3.8) is 0 Å². The molecule has 2 aromatic rings. The van der Waals surface area contributed by atoms with Crippen LogP contribution in [0, 0.1) is 5.53 Å². The molecule has 80 valence electrons. The van der Waals surface area contributed by atoms with Crippen molar-refractivity contribution in [3.8, 4) is 0 Å². The number of benzene rings is 2. The molecule has 0 aliphatic rings. The third-order valence-electron chi connectivity index (χ3n) is 2.47. The van der Waals surface area contributed by atoms with Gasteiger partial charge < -0.3 is 0 Å². The Morgan fingerprint density at radius 2 is 1.19 bits per heavy atom. The molecule has 2 aromatic carbocycles. The summed E-state index contributed by atoms with van der Waals surface area (Å²) >= 11 is 0. The second-order valence-electron chi connectivity index (χ2n) is 3.47. The van der Waals surface area contributed by atoms with E-state index in [1.807, 2.05) is 0 Å². The van der Waals surface area contributed by atoms with Crippen molar-refractivity contribution in [1.29, 1.82) is 5.53 Å². The molecule has 0 aliphatic heterocycles. The van der Waals surface area contributed by atoms with Crippen molar-refractivity contribution in [2.45, 2.75) is 5.79 Å². The van der Waals surface area contributed by atoms with Crippen molar-refractivity contribution in [2.24, 2.45) is 5.11 Å². The number of hydrogen-bond donors (Lipinski definition) is 1. The Kier molecular flexibility index (Phi) is 2.77. The Balaban J connectivity index is 2.53. The summed E-state index contributed by atoms with van der Waals surface area (Å²) in [5.41, 5.74) is 7.82. The first-order valence-electron chi connectivity index (χ1n) is 4.96. The van der Waals surface area contributed by atoms with Gasteiger partial charge in [-0.2, -0.15) is 0 Å². The molecule has 16 heavy (non-hydrogen) atoms. The van der Waals surface area contributed by atoms with E-state index in [1.165, 1.54) is 0 Å². The van der Waals surface area contributed by atoms with Crippen molar-refractivity contribution in [2.75, 3.05) is 0 Å². The van der Waals surface area contributed by atoms with Gasteiger partial charge in [0.1, 0.15) is 0 Å². The summed E-state index contributed by atoms with van der Waals surface area (Å²) in [6, 6.07) is 17.1. The van der Waals surface area contributed by atoms with Crippen LogP contribution in [0.15, 0.2) is 65.8 Å². The molecule has 3 heteroatoms. The lowest BCUT2D eigenvalue weighted by Crippen LogP contribution is -2.17. The highest BCUT2D eigenvalue weighted by atomic mass is 19.1. The molecule has 0 amide bonds. The Morgan fingerprint density at radius 3 is 1.50 bits per heavy atom. The Bertz CT molecular complexity index is 428. The summed E-state index contributed by atoms with van der Waals surface area (Å²) in [6.45, 7) is 0. The van der Waals surface area contributed by atoms with Gasteiger partial charge in [-0.05, 0) is 0 Å². The minimum Gasteiger partial charge on any atom is -0.206 e. The van der Waals surface area contributed by atoms with Crippen LogP contribution in [0.3, 0.4) is 0 Å². The van der Waals surface area contributed by atoms with Crippen LogP contribution < -0.4 is 0 Å². The molecule has 0 unspecified atom stereocenters.